The summed E-state index contributed by atoms with van der Waals surface area (Å²) in [6.07, 6.45) is 0. The van der Waals surface area contributed by atoms with Gasteiger partial charge >= 0.3 is 0 Å². The van der Waals surface area contributed by atoms with Gasteiger partial charge in [-0.3, -0.25) is 9.56 Å². The normalized spacial score (nSPS) is 12.0. The predicted octanol–water partition coefficient (Wildman–Crippen LogP) is -1.05. The van der Waals surface area contributed by atoms with Gasteiger partial charge in [0.2, 0.25) is 0 Å². The molecular formula is C2H8N2Si2. The molecule has 0 rings (SSSR count). The zero-order valence-corrected chi connectivity index (χ0v) is 7.30. The van der Waals surface area contributed by atoms with Gasteiger partial charge in [0, 0.05) is 0 Å². The average Bonchev–Trinajstić information content (AvgIpc) is 1.61. The first-order valence-corrected chi connectivity index (χ1v) is 4.12. The van der Waals surface area contributed by atoms with Crippen LogP contribution in [-0.4, -0.2) is 20.1 Å². The lowest BCUT2D eigenvalue weighted by atomic mass is 11.3. The molecule has 6 heavy (non-hydrogen) atoms. The van der Waals surface area contributed by atoms with Gasteiger partial charge in [-0.15, -0.1) is 6.58 Å². The minimum atomic E-state index is -0.321. The molecule has 0 aromatic carbocycles. The summed E-state index contributed by atoms with van der Waals surface area (Å²) in [5.41, 5.74) is 1.86. The predicted molar refractivity (Wildman–Crippen MR) is 33.5 cm³/mol. The van der Waals surface area contributed by atoms with Crippen molar-refractivity contribution in [1.82, 2.24) is 0 Å². The van der Waals surface area contributed by atoms with Gasteiger partial charge < -0.3 is 0 Å². The Morgan fingerprint density at radius 1 is 1.83 bits per heavy atom. The molecule has 0 aromatic heterocycles. The Labute approximate surface area is 42.8 Å². The fraction of sp³-hybridized carbons (Fsp3) is 0. The summed E-state index contributed by atoms with van der Waals surface area (Å²) in [5.74, 6) is 0. The SMILES string of the molecule is C=C[SiH2]N=N[SiH3]. The first-order valence-electron chi connectivity index (χ1n) is 1.78. The summed E-state index contributed by atoms with van der Waals surface area (Å²) >= 11 is 0. The lowest BCUT2D eigenvalue weighted by Crippen LogP contribution is -1.70. The van der Waals surface area contributed by atoms with E-state index in [0.717, 1.165) is 10.4 Å². The fourth-order valence-corrected chi connectivity index (χ4v) is 0.908. The van der Waals surface area contributed by atoms with Crippen molar-refractivity contribution in [2.45, 2.75) is 0 Å². The van der Waals surface area contributed by atoms with Crippen LogP contribution in [0.1, 0.15) is 0 Å². The van der Waals surface area contributed by atoms with Gasteiger partial charge in [0.1, 0.15) is 0 Å². The smallest absolute Gasteiger partial charge is 0.200 e. The van der Waals surface area contributed by atoms with E-state index < -0.39 is 0 Å². The van der Waals surface area contributed by atoms with Gasteiger partial charge in [0.25, 0.3) is 0 Å². The van der Waals surface area contributed by atoms with E-state index >= 15 is 0 Å². The van der Waals surface area contributed by atoms with E-state index in [-0.39, 0.29) is 9.68 Å². The summed E-state index contributed by atoms with van der Waals surface area (Å²) in [4.78, 5) is 0. The van der Waals surface area contributed by atoms with Crippen molar-refractivity contribution in [3.8, 4) is 0 Å². The first-order chi connectivity index (χ1) is 2.91. The molecular weight excluding hydrogens is 108 g/mol. The van der Waals surface area contributed by atoms with Crippen LogP contribution >= 0.6 is 0 Å². The van der Waals surface area contributed by atoms with E-state index in [0.29, 0.717) is 0 Å². The second-order valence-electron chi connectivity index (χ2n) is 0.813. The maximum atomic E-state index is 3.80. The van der Waals surface area contributed by atoms with Gasteiger partial charge in [-0.1, -0.05) is 5.70 Å². The molecule has 0 saturated heterocycles. The molecule has 0 aliphatic carbocycles. The molecule has 0 N–H and O–H groups in total. The van der Waals surface area contributed by atoms with Crippen molar-refractivity contribution in [3.63, 3.8) is 0 Å². The van der Waals surface area contributed by atoms with Gasteiger partial charge in [-0.25, -0.2) is 0 Å². The fourth-order valence-electron chi connectivity index (χ4n) is 0.139. The largest absolute Gasteiger partial charge is 0.261 e. The van der Waals surface area contributed by atoms with E-state index in [2.05, 4.69) is 16.1 Å². The second-order valence-corrected chi connectivity index (χ2v) is 2.44. The molecule has 0 radical (unpaired) electrons. The van der Waals surface area contributed by atoms with Crippen LogP contribution in [0.3, 0.4) is 0 Å². The van der Waals surface area contributed by atoms with Crippen LogP contribution in [0, 0.1) is 0 Å². The number of rotatable bonds is 2. The zero-order valence-electron chi connectivity index (χ0n) is 3.89. The third kappa shape index (κ3) is 3.77. The summed E-state index contributed by atoms with van der Waals surface area (Å²) < 4.78 is 7.48. The summed E-state index contributed by atoms with van der Waals surface area (Å²) in [6, 6.07) is 0. The summed E-state index contributed by atoms with van der Waals surface area (Å²) in [6.45, 7) is 3.52. The van der Waals surface area contributed by atoms with Gasteiger partial charge in [0.05, 0.1) is 0 Å². The molecule has 0 aliphatic heterocycles. The maximum Gasteiger partial charge on any atom is 0.200 e. The third-order valence-electron chi connectivity index (χ3n) is 0.352. The molecule has 0 heterocycles. The van der Waals surface area contributed by atoms with Crippen molar-refractivity contribution >= 4 is 20.1 Å². The standard InChI is InChI=1S/C2H8N2Si2/c1-2-6-4-3-5/h2H,1,6H2,5H3. The van der Waals surface area contributed by atoms with Crippen molar-refractivity contribution in [2.24, 2.45) is 9.56 Å². The van der Waals surface area contributed by atoms with Gasteiger partial charge in [-0.2, -0.15) is 0 Å². The van der Waals surface area contributed by atoms with Crippen LogP contribution in [0.25, 0.3) is 0 Å². The zero-order chi connectivity index (χ0) is 4.83. The van der Waals surface area contributed by atoms with E-state index in [9.17, 15) is 0 Å². The highest BCUT2D eigenvalue weighted by molar-refractivity contribution is 6.39. The summed E-state index contributed by atoms with van der Waals surface area (Å²) in [5, 5.41) is 0. The molecule has 0 aromatic rings. The molecule has 0 amide bonds. The molecule has 2 nitrogen and oxygen atoms in total. The quantitative estimate of drug-likeness (QED) is 0.325. The van der Waals surface area contributed by atoms with Crippen molar-refractivity contribution in [3.05, 3.63) is 12.3 Å². The van der Waals surface area contributed by atoms with E-state index in [1.54, 1.807) is 0 Å². The van der Waals surface area contributed by atoms with Crippen LogP contribution in [0.15, 0.2) is 21.8 Å². The van der Waals surface area contributed by atoms with Crippen LogP contribution in [0.4, 0.5) is 0 Å². The van der Waals surface area contributed by atoms with E-state index in [1.807, 2.05) is 5.70 Å². The first kappa shape index (κ1) is 5.77. The molecule has 0 bridgehead atoms. The molecule has 0 saturated carbocycles. The van der Waals surface area contributed by atoms with Crippen LogP contribution in [-0.2, 0) is 0 Å². The van der Waals surface area contributed by atoms with Crippen molar-refractivity contribution in [1.29, 1.82) is 0 Å². The topological polar surface area (TPSA) is 24.7 Å². The third-order valence-corrected chi connectivity index (χ3v) is 1.91. The highest BCUT2D eigenvalue weighted by Gasteiger charge is 1.61. The number of hydrogen-bond acceptors (Lipinski definition) is 2. The van der Waals surface area contributed by atoms with Gasteiger partial charge in [0.15, 0.2) is 20.1 Å². The Morgan fingerprint density at radius 3 is 2.67 bits per heavy atom. The molecule has 0 aliphatic rings. The minimum Gasteiger partial charge on any atom is -0.261 e. The monoisotopic (exact) mass is 116 g/mol. The van der Waals surface area contributed by atoms with E-state index in [1.165, 1.54) is 0 Å². The second kappa shape index (κ2) is 4.77. The summed E-state index contributed by atoms with van der Waals surface area (Å²) in [7, 11) is 0.527. The number of hydrogen-bond donors (Lipinski definition) is 0. The highest BCUT2D eigenvalue weighted by atomic mass is 28.2. The lowest BCUT2D eigenvalue weighted by Gasteiger charge is -1.70. The molecule has 34 valence electrons. The maximum absolute atomic E-state index is 3.80. The molecule has 4 heteroatoms. The van der Waals surface area contributed by atoms with Crippen LogP contribution < -0.4 is 0 Å². The van der Waals surface area contributed by atoms with Crippen LogP contribution in [0.5, 0.6) is 0 Å². The Balaban J connectivity index is 2.85. The Morgan fingerprint density at radius 2 is 2.50 bits per heavy atom. The average molecular weight is 116 g/mol. The molecule has 0 atom stereocenters. The van der Waals surface area contributed by atoms with E-state index in [4.69, 9.17) is 0 Å². The minimum absolute atomic E-state index is 0.321. The van der Waals surface area contributed by atoms with Crippen LogP contribution in [0.2, 0.25) is 0 Å². The van der Waals surface area contributed by atoms with Crippen molar-refractivity contribution in [2.75, 3.05) is 0 Å². The molecule has 0 unspecified atom stereocenters. The lowest BCUT2D eigenvalue weighted by molar-refractivity contribution is 1.47. The van der Waals surface area contributed by atoms with Gasteiger partial charge in [-0.05, 0) is 0 Å². The van der Waals surface area contributed by atoms with Crippen molar-refractivity contribution < 1.29 is 0 Å². The Bertz CT molecular complexity index is 60.6. The number of nitrogens with zero attached hydrogens (tertiary/aromatic N) is 2. The Kier molecular flexibility index (Phi) is 4.59. The molecule has 0 spiro atoms. The molecule has 0 fully saturated rings. The highest BCUT2D eigenvalue weighted by Crippen LogP contribution is 1.62. The Hall–Kier alpha value is -0.226.